The predicted octanol–water partition coefficient (Wildman–Crippen LogP) is 2.39. The fourth-order valence-corrected chi connectivity index (χ4v) is 3.88. The number of nitrogens with zero attached hydrogens (tertiary/aromatic N) is 4. The van der Waals surface area contributed by atoms with E-state index in [2.05, 4.69) is 20.8 Å². The van der Waals surface area contributed by atoms with Crippen LogP contribution in [0.15, 0.2) is 18.2 Å². The van der Waals surface area contributed by atoms with Crippen LogP contribution in [0.5, 0.6) is 11.5 Å². The van der Waals surface area contributed by atoms with Gasteiger partial charge in [-0.15, -0.1) is 16.9 Å². The first-order valence-electron chi connectivity index (χ1n) is 8.33. The molecule has 9 heteroatoms. The highest BCUT2D eigenvalue weighted by Crippen LogP contribution is 2.34. The molecule has 0 spiro atoms. The van der Waals surface area contributed by atoms with E-state index >= 15 is 0 Å². The van der Waals surface area contributed by atoms with Gasteiger partial charge in [-0.3, -0.25) is 4.79 Å². The molecule has 2 aromatic rings. The molecule has 2 aliphatic rings. The summed E-state index contributed by atoms with van der Waals surface area (Å²) in [4.78, 5) is 12.1. The topological polar surface area (TPSA) is 91.2 Å². The van der Waals surface area contributed by atoms with Crippen LogP contribution in [0.1, 0.15) is 37.5 Å². The molecule has 2 heterocycles. The maximum absolute atomic E-state index is 12.1. The summed E-state index contributed by atoms with van der Waals surface area (Å²) < 4.78 is 12.5. The van der Waals surface area contributed by atoms with Crippen LogP contribution < -0.4 is 14.8 Å². The second-order valence-corrected chi connectivity index (χ2v) is 7.07. The van der Waals surface area contributed by atoms with E-state index in [0.717, 1.165) is 18.7 Å². The van der Waals surface area contributed by atoms with Crippen molar-refractivity contribution in [1.82, 2.24) is 20.2 Å². The third-order valence-corrected chi connectivity index (χ3v) is 5.28. The number of carbonyl (C=O) groups is 1. The van der Waals surface area contributed by atoms with Crippen LogP contribution in [0.25, 0.3) is 0 Å². The van der Waals surface area contributed by atoms with Gasteiger partial charge in [-0.25, -0.2) is 4.68 Å². The largest absolute Gasteiger partial charge is 0.454 e. The fraction of sp³-hybridized carbons (Fsp3) is 0.500. The Balaban J connectivity index is 1.27. The Bertz CT molecular complexity index is 760. The summed E-state index contributed by atoms with van der Waals surface area (Å²) in [6.07, 6.45) is 4.73. The van der Waals surface area contributed by atoms with Crippen molar-refractivity contribution in [2.45, 2.75) is 37.5 Å². The number of carbonyl (C=O) groups excluding carboxylic acids is 1. The number of rotatable bonds is 6. The molecule has 1 aliphatic carbocycles. The molecule has 1 fully saturated rings. The van der Waals surface area contributed by atoms with Crippen molar-refractivity contribution in [1.29, 1.82) is 0 Å². The van der Waals surface area contributed by atoms with Gasteiger partial charge in [0.2, 0.25) is 12.7 Å². The van der Waals surface area contributed by atoms with Crippen molar-refractivity contribution in [2.24, 2.45) is 0 Å². The molecule has 0 saturated heterocycles. The average Bonchev–Trinajstić information content (AvgIpc) is 3.35. The Morgan fingerprint density at radius 3 is 3.00 bits per heavy atom. The van der Waals surface area contributed by atoms with Crippen LogP contribution in [0.4, 0.5) is 5.69 Å². The van der Waals surface area contributed by atoms with Crippen molar-refractivity contribution < 1.29 is 14.3 Å². The first-order chi connectivity index (χ1) is 12.3. The van der Waals surface area contributed by atoms with Crippen molar-refractivity contribution in [3.8, 4) is 11.5 Å². The van der Waals surface area contributed by atoms with Gasteiger partial charge in [-0.1, -0.05) is 12.8 Å². The zero-order valence-electron chi connectivity index (χ0n) is 13.7. The molecule has 1 N–H and O–H groups in total. The average molecular weight is 361 g/mol. The Kier molecular flexibility index (Phi) is 4.73. The molecule has 0 atom stereocenters. The summed E-state index contributed by atoms with van der Waals surface area (Å²) in [6.45, 7) is 0.221. The number of tetrazole rings is 1. The quantitative estimate of drug-likeness (QED) is 0.844. The highest BCUT2D eigenvalue weighted by molar-refractivity contribution is 7.99. The van der Waals surface area contributed by atoms with E-state index in [0.29, 0.717) is 34.7 Å². The zero-order valence-corrected chi connectivity index (χ0v) is 14.5. The van der Waals surface area contributed by atoms with Crippen molar-refractivity contribution >= 4 is 23.4 Å². The molecule has 0 bridgehead atoms. The van der Waals surface area contributed by atoms with Crippen LogP contribution in [0, 0.1) is 0 Å². The van der Waals surface area contributed by atoms with E-state index < -0.39 is 0 Å². The number of ether oxygens (including phenoxy) is 2. The summed E-state index contributed by atoms with van der Waals surface area (Å²) in [6, 6.07) is 5.77. The van der Waals surface area contributed by atoms with Crippen molar-refractivity contribution in [3.63, 3.8) is 0 Å². The third kappa shape index (κ3) is 3.71. The molecule has 1 aliphatic heterocycles. The lowest BCUT2D eigenvalue weighted by Crippen LogP contribution is -2.15. The van der Waals surface area contributed by atoms with Gasteiger partial charge in [0.25, 0.3) is 0 Å². The maximum Gasteiger partial charge on any atom is 0.234 e. The number of hydrogen-bond acceptors (Lipinski definition) is 7. The zero-order chi connectivity index (χ0) is 17.1. The van der Waals surface area contributed by atoms with Gasteiger partial charge < -0.3 is 14.8 Å². The molecule has 4 rings (SSSR count). The van der Waals surface area contributed by atoms with Gasteiger partial charge in [0.15, 0.2) is 17.3 Å². The molecule has 8 nitrogen and oxygen atoms in total. The predicted molar refractivity (Wildman–Crippen MR) is 92.7 cm³/mol. The fourth-order valence-electron chi connectivity index (χ4n) is 3.15. The molecule has 1 aromatic carbocycles. The second kappa shape index (κ2) is 7.30. The van der Waals surface area contributed by atoms with Gasteiger partial charge in [-0.05, 0) is 35.4 Å². The monoisotopic (exact) mass is 361 g/mol. The molecule has 1 amide bonds. The second-order valence-electron chi connectivity index (χ2n) is 6.09. The summed E-state index contributed by atoms with van der Waals surface area (Å²) in [5.74, 6) is 3.09. The number of anilines is 1. The van der Waals surface area contributed by atoms with E-state index in [4.69, 9.17) is 9.47 Å². The number of amides is 1. The molecular formula is C16H19N5O3S. The lowest BCUT2D eigenvalue weighted by Gasteiger charge is -2.11. The minimum absolute atomic E-state index is 0.0660. The van der Waals surface area contributed by atoms with Crippen LogP contribution in [-0.2, 0) is 10.5 Å². The maximum atomic E-state index is 12.1. The van der Waals surface area contributed by atoms with Gasteiger partial charge in [0, 0.05) is 11.8 Å². The van der Waals surface area contributed by atoms with Crippen molar-refractivity contribution in [2.75, 3.05) is 17.9 Å². The molecule has 1 aromatic heterocycles. The Morgan fingerprint density at radius 2 is 2.12 bits per heavy atom. The normalized spacial score (nSPS) is 16.3. The first-order valence-corrected chi connectivity index (χ1v) is 9.49. The smallest absolute Gasteiger partial charge is 0.234 e. The number of benzene rings is 1. The minimum atomic E-state index is -0.0660. The van der Waals surface area contributed by atoms with Crippen LogP contribution in [0.2, 0.25) is 0 Å². The van der Waals surface area contributed by atoms with Gasteiger partial charge in [-0.2, -0.15) is 0 Å². The summed E-state index contributed by atoms with van der Waals surface area (Å²) in [5.41, 5.74) is 0.700. The van der Waals surface area contributed by atoms with E-state index in [1.807, 2.05) is 4.68 Å². The standard InChI is InChI=1S/C16H19N5O3S/c22-16(17-11-5-6-13-14(7-11)24-10-23-13)9-25-8-15-18-19-20-21(15)12-3-1-2-4-12/h5-7,12H,1-4,8-10H2,(H,17,22). The number of hydrogen-bond donors (Lipinski definition) is 1. The first kappa shape index (κ1) is 16.2. The van der Waals surface area contributed by atoms with Gasteiger partial charge >= 0.3 is 0 Å². The third-order valence-electron chi connectivity index (χ3n) is 4.35. The number of nitrogens with one attached hydrogen (secondary N) is 1. The summed E-state index contributed by atoms with van der Waals surface area (Å²) in [7, 11) is 0. The Hall–Kier alpha value is -2.29. The van der Waals surface area contributed by atoms with E-state index in [1.165, 1.54) is 24.6 Å². The highest BCUT2D eigenvalue weighted by Gasteiger charge is 2.21. The van der Waals surface area contributed by atoms with E-state index in [9.17, 15) is 4.79 Å². The number of fused-ring (bicyclic) bond motifs is 1. The highest BCUT2D eigenvalue weighted by atomic mass is 32.2. The molecular weight excluding hydrogens is 342 g/mol. The summed E-state index contributed by atoms with van der Waals surface area (Å²) in [5, 5.41) is 14.9. The van der Waals surface area contributed by atoms with Crippen LogP contribution in [0.3, 0.4) is 0 Å². The van der Waals surface area contributed by atoms with Gasteiger partial charge in [0.1, 0.15) is 0 Å². The molecule has 25 heavy (non-hydrogen) atoms. The van der Waals surface area contributed by atoms with Crippen LogP contribution >= 0.6 is 11.8 Å². The van der Waals surface area contributed by atoms with E-state index in [1.54, 1.807) is 18.2 Å². The van der Waals surface area contributed by atoms with Crippen molar-refractivity contribution in [3.05, 3.63) is 24.0 Å². The molecule has 1 saturated carbocycles. The Morgan fingerprint density at radius 1 is 1.28 bits per heavy atom. The van der Waals surface area contributed by atoms with E-state index in [-0.39, 0.29) is 12.7 Å². The molecule has 0 unspecified atom stereocenters. The number of aromatic nitrogens is 4. The molecule has 0 radical (unpaired) electrons. The minimum Gasteiger partial charge on any atom is -0.454 e. The number of thioether (sulfide) groups is 1. The SMILES string of the molecule is O=C(CSCc1nnnn1C1CCCC1)Nc1ccc2c(c1)OCO2. The lowest BCUT2D eigenvalue weighted by molar-refractivity contribution is -0.113. The van der Waals surface area contributed by atoms with Gasteiger partial charge in [0.05, 0.1) is 17.5 Å². The molecule has 132 valence electrons. The lowest BCUT2D eigenvalue weighted by atomic mass is 10.2. The summed E-state index contributed by atoms with van der Waals surface area (Å²) >= 11 is 1.51. The van der Waals surface area contributed by atoms with Crippen LogP contribution in [-0.4, -0.2) is 38.7 Å². The Labute approximate surface area is 149 Å².